The van der Waals surface area contributed by atoms with E-state index < -0.39 is 22.5 Å². The summed E-state index contributed by atoms with van der Waals surface area (Å²) < 4.78 is 43.3. The van der Waals surface area contributed by atoms with Gasteiger partial charge >= 0.3 is 0 Å². The van der Waals surface area contributed by atoms with E-state index in [0.29, 0.717) is 5.69 Å². The second-order valence-corrected chi connectivity index (χ2v) is 11.0. The van der Waals surface area contributed by atoms with E-state index >= 15 is 0 Å². The van der Waals surface area contributed by atoms with Crippen molar-refractivity contribution in [2.24, 2.45) is 5.10 Å². The summed E-state index contributed by atoms with van der Waals surface area (Å²) in [5, 5.41) is 4.07. The zero-order valence-electron chi connectivity index (χ0n) is 21.6. The van der Waals surface area contributed by atoms with Crippen molar-refractivity contribution in [3.8, 4) is 5.69 Å². The summed E-state index contributed by atoms with van der Waals surface area (Å²) in [4.78, 5) is 12.9. The number of hydrogen-bond acceptors (Lipinski definition) is 4. The Morgan fingerprint density at radius 1 is 0.921 bits per heavy atom. The molecule has 1 heterocycles. The maximum Gasteiger partial charge on any atom is 0.264 e. The molecule has 4 rings (SSSR count). The zero-order chi connectivity index (χ0) is 27.4. The molecule has 0 fully saturated rings. The van der Waals surface area contributed by atoms with Crippen LogP contribution in [0, 0.1) is 33.5 Å². The highest BCUT2D eigenvalue weighted by Gasteiger charge is 2.27. The second-order valence-electron chi connectivity index (χ2n) is 9.09. The number of hydrogen-bond donors (Lipinski definition) is 1. The number of aryl methyl sites for hydroxylation is 3. The van der Waals surface area contributed by atoms with Gasteiger partial charge in [-0.2, -0.15) is 5.10 Å². The average Bonchev–Trinajstić information content (AvgIpc) is 3.16. The molecule has 0 spiro atoms. The number of anilines is 1. The molecule has 38 heavy (non-hydrogen) atoms. The second kappa shape index (κ2) is 11.0. The fraction of sp³-hybridized carbons (Fsp3) is 0.172. The third-order valence-corrected chi connectivity index (χ3v) is 7.95. The lowest BCUT2D eigenvalue weighted by Gasteiger charge is -2.24. The van der Waals surface area contributed by atoms with Crippen molar-refractivity contribution in [2.45, 2.75) is 32.6 Å². The van der Waals surface area contributed by atoms with Gasteiger partial charge in [0.05, 0.1) is 16.8 Å². The van der Waals surface area contributed by atoms with E-state index in [9.17, 15) is 17.6 Å². The van der Waals surface area contributed by atoms with E-state index in [1.165, 1.54) is 30.5 Å². The highest BCUT2D eigenvalue weighted by Crippen LogP contribution is 2.24. The first-order valence-electron chi connectivity index (χ1n) is 12.0. The quantitative estimate of drug-likeness (QED) is 0.250. The van der Waals surface area contributed by atoms with Crippen molar-refractivity contribution >= 4 is 27.8 Å². The fourth-order valence-electron chi connectivity index (χ4n) is 4.11. The normalized spacial score (nSPS) is 11.6. The number of carbonyl (C=O) groups excluding carboxylic acids is 1. The summed E-state index contributed by atoms with van der Waals surface area (Å²) in [6.45, 7) is 7.13. The maximum atomic E-state index is 13.5. The summed E-state index contributed by atoms with van der Waals surface area (Å²) in [5.74, 6) is -0.908. The molecular weight excluding hydrogens is 503 g/mol. The molecule has 0 atom stereocenters. The van der Waals surface area contributed by atoms with Crippen LogP contribution in [0.4, 0.5) is 10.1 Å². The molecule has 1 amide bonds. The number of nitrogens with zero attached hydrogens (tertiary/aromatic N) is 3. The highest BCUT2D eigenvalue weighted by molar-refractivity contribution is 7.92. The van der Waals surface area contributed by atoms with Gasteiger partial charge < -0.3 is 4.57 Å². The average molecular weight is 533 g/mol. The standard InChI is InChI=1S/C29H29FN4O3S/c1-20-5-11-26(12-6-20)33(38(36,37)28-15-7-21(2)8-16-28)19-29(35)32-31-18-24-17-22(3)34(23(24)4)27-13-9-25(30)10-14-27/h5-18H,19H2,1-4H3,(H,32,35)/b31-18+. The molecule has 7 nitrogen and oxygen atoms in total. The summed E-state index contributed by atoms with van der Waals surface area (Å²) >= 11 is 0. The van der Waals surface area contributed by atoms with Crippen molar-refractivity contribution in [2.75, 3.05) is 10.8 Å². The first kappa shape index (κ1) is 26.8. The molecule has 0 unspecified atom stereocenters. The lowest BCUT2D eigenvalue weighted by atomic mass is 10.2. The molecule has 1 aromatic heterocycles. The van der Waals surface area contributed by atoms with Crippen molar-refractivity contribution < 1.29 is 17.6 Å². The Morgan fingerprint density at radius 3 is 2.11 bits per heavy atom. The van der Waals surface area contributed by atoms with Gasteiger partial charge in [0.25, 0.3) is 15.9 Å². The van der Waals surface area contributed by atoms with Crippen LogP contribution in [0.3, 0.4) is 0 Å². The molecule has 0 saturated carbocycles. The first-order valence-corrected chi connectivity index (χ1v) is 13.4. The predicted molar refractivity (Wildman–Crippen MR) is 148 cm³/mol. The first-order chi connectivity index (χ1) is 18.1. The van der Waals surface area contributed by atoms with E-state index in [0.717, 1.165) is 38.1 Å². The van der Waals surface area contributed by atoms with Crippen LogP contribution in [0.1, 0.15) is 28.1 Å². The van der Waals surface area contributed by atoms with E-state index in [1.54, 1.807) is 48.5 Å². The SMILES string of the molecule is Cc1ccc(N(CC(=O)N/N=C/c2cc(C)n(-c3ccc(F)cc3)c2C)S(=O)(=O)c2ccc(C)cc2)cc1. The highest BCUT2D eigenvalue weighted by atomic mass is 32.2. The summed E-state index contributed by atoms with van der Waals surface area (Å²) in [7, 11) is -4.01. The van der Waals surface area contributed by atoms with Gasteiger partial charge in [0.2, 0.25) is 0 Å². The molecule has 0 radical (unpaired) electrons. The third-order valence-electron chi connectivity index (χ3n) is 6.17. The number of amides is 1. The maximum absolute atomic E-state index is 13.5. The molecule has 0 aliphatic carbocycles. The van der Waals surface area contributed by atoms with Crippen molar-refractivity contribution in [1.82, 2.24) is 9.99 Å². The monoisotopic (exact) mass is 532 g/mol. The van der Waals surface area contributed by atoms with Gasteiger partial charge in [-0.25, -0.2) is 18.2 Å². The number of hydrazone groups is 1. The molecular formula is C29H29FN4O3S. The van der Waals surface area contributed by atoms with Gasteiger partial charge in [0.1, 0.15) is 12.4 Å². The van der Waals surface area contributed by atoms with Gasteiger partial charge in [0, 0.05) is 22.6 Å². The van der Waals surface area contributed by atoms with Gasteiger partial charge in [-0.3, -0.25) is 9.10 Å². The van der Waals surface area contributed by atoms with Crippen LogP contribution in [0.2, 0.25) is 0 Å². The number of nitrogens with one attached hydrogen (secondary N) is 1. The van der Waals surface area contributed by atoms with Crippen LogP contribution >= 0.6 is 0 Å². The van der Waals surface area contributed by atoms with Crippen LogP contribution in [0.15, 0.2) is 88.9 Å². The van der Waals surface area contributed by atoms with E-state index in [-0.39, 0.29) is 10.7 Å². The number of carbonyl (C=O) groups is 1. The predicted octanol–water partition coefficient (Wildman–Crippen LogP) is 5.20. The van der Waals surface area contributed by atoms with Gasteiger partial charge in [-0.15, -0.1) is 0 Å². The summed E-state index contributed by atoms with van der Waals surface area (Å²) in [6.07, 6.45) is 1.50. The fourth-order valence-corrected chi connectivity index (χ4v) is 5.53. The van der Waals surface area contributed by atoms with E-state index in [2.05, 4.69) is 10.5 Å². The molecule has 0 bridgehead atoms. The Labute approximate surface area is 222 Å². The summed E-state index contributed by atoms with van der Waals surface area (Å²) in [5.41, 5.74) is 8.05. The van der Waals surface area contributed by atoms with Crippen LogP contribution in [0.5, 0.6) is 0 Å². The van der Waals surface area contributed by atoms with Crippen LogP contribution in [0.25, 0.3) is 5.69 Å². The smallest absolute Gasteiger partial charge is 0.264 e. The van der Waals surface area contributed by atoms with E-state index in [1.807, 2.05) is 38.3 Å². The lowest BCUT2D eigenvalue weighted by molar-refractivity contribution is -0.119. The van der Waals surface area contributed by atoms with Crippen LogP contribution in [-0.4, -0.2) is 31.7 Å². The molecule has 196 valence electrons. The Hall–Kier alpha value is -4.24. The Bertz CT molecular complexity index is 1570. The molecule has 0 aliphatic rings. The largest absolute Gasteiger partial charge is 0.318 e. The Kier molecular flexibility index (Phi) is 7.78. The number of benzene rings is 3. The van der Waals surface area contributed by atoms with Crippen LogP contribution < -0.4 is 9.73 Å². The molecule has 0 saturated heterocycles. The molecule has 0 aliphatic heterocycles. The number of aromatic nitrogens is 1. The van der Waals surface area contributed by atoms with Gasteiger partial charge in [-0.1, -0.05) is 35.4 Å². The number of halogens is 1. The lowest BCUT2D eigenvalue weighted by Crippen LogP contribution is -2.39. The Balaban J connectivity index is 1.54. The topological polar surface area (TPSA) is 83.8 Å². The molecule has 1 N–H and O–H groups in total. The number of rotatable bonds is 8. The van der Waals surface area contributed by atoms with Gasteiger partial charge in [0.15, 0.2) is 0 Å². The minimum atomic E-state index is -4.01. The van der Waals surface area contributed by atoms with Crippen molar-refractivity contribution in [1.29, 1.82) is 0 Å². The Morgan fingerprint density at radius 2 is 1.50 bits per heavy atom. The van der Waals surface area contributed by atoms with Crippen LogP contribution in [-0.2, 0) is 14.8 Å². The van der Waals surface area contributed by atoms with Crippen molar-refractivity contribution in [3.63, 3.8) is 0 Å². The molecule has 3 aromatic carbocycles. The van der Waals surface area contributed by atoms with Crippen molar-refractivity contribution in [3.05, 3.63) is 113 Å². The number of sulfonamides is 1. The molecule has 4 aromatic rings. The summed E-state index contributed by atoms with van der Waals surface area (Å²) in [6, 6.07) is 21.5. The van der Waals surface area contributed by atoms with E-state index in [4.69, 9.17) is 0 Å². The minimum Gasteiger partial charge on any atom is -0.318 e. The zero-order valence-corrected chi connectivity index (χ0v) is 22.5. The minimum absolute atomic E-state index is 0.0909. The third kappa shape index (κ3) is 5.84. The van der Waals surface area contributed by atoms with Gasteiger partial charge in [-0.05, 0) is 82.3 Å². The molecule has 9 heteroatoms.